The van der Waals surface area contributed by atoms with Crippen LogP contribution in [0.3, 0.4) is 0 Å². The van der Waals surface area contributed by atoms with E-state index in [-0.39, 0.29) is 12.4 Å². The highest BCUT2D eigenvalue weighted by Gasteiger charge is 2.33. The average Bonchev–Trinajstić information content (AvgIpc) is 2.90. The van der Waals surface area contributed by atoms with Crippen LogP contribution in [0.25, 0.3) is 0 Å². The van der Waals surface area contributed by atoms with Crippen molar-refractivity contribution in [1.82, 2.24) is 4.90 Å². The van der Waals surface area contributed by atoms with Crippen LogP contribution in [0.2, 0.25) is 0 Å². The highest BCUT2D eigenvalue weighted by molar-refractivity contribution is 9.10. The lowest BCUT2D eigenvalue weighted by Gasteiger charge is -2.33. The monoisotopic (exact) mass is 369 g/mol. The summed E-state index contributed by atoms with van der Waals surface area (Å²) in [5.41, 5.74) is 1.35. The summed E-state index contributed by atoms with van der Waals surface area (Å²) < 4.78 is 14.7. The van der Waals surface area contributed by atoms with E-state index in [1.807, 2.05) is 16.3 Å². The molecule has 1 atom stereocenters. The number of halogens is 2. The van der Waals surface area contributed by atoms with Gasteiger partial charge in [0, 0.05) is 28.0 Å². The lowest BCUT2D eigenvalue weighted by molar-refractivity contribution is -0.144. The van der Waals surface area contributed by atoms with Crippen LogP contribution in [0.5, 0.6) is 0 Å². The van der Waals surface area contributed by atoms with Crippen molar-refractivity contribution in [2.45, 2.75) is 19.0 Å². The lowest BCUT2D eigenvalue weighted by atomic mass is 9.99. The van der Waals surface area contributed by atoms with E-state index in [2.05, 4.69) is 15.9 Å². The number of nitrogens with zero attached hydrogens (tertiary/aromatic N) is 1. The molecule has 2 aromatic rings. The third kappa shape index (κ3) is 2.88. The number of aliphatic carboxylic acids is 1. The summed E-state index contributed by atoms with van der Waals surface area (Å²) >= 11 is 4.91. The summed E-state index contributed by atoms with van der Waals surface area (Å²) in [5, 5.41) is 11.5. The van der Waals surface area contributed by atoms with Gasteiger partial charge >= 0.3 is 5.97 Å². The minimum absolute atomic E-state index is 0.289. The van der Waals surface area contributed by atoms with Crippen LogP contribution in [-0.4, -0.2) is 22.5 Å². The molecule has 21 heavy (non-hydrogen) atoms. The molecule has 0 spiro atoms. The summed E-state index contributed by atoms with van der Waals surface area (Å²) in [6.45, 7) is 0.911. The second-order valence-electron chi connectivity index (χ2n) is 5.00. The van der Waals surface area contributed by atoms with Crippen LogP contribution < -0.4 is 0 Å². The van der Waals surface area contributed by atoms with Gasteiger partial charge in [0.25, 0.3) is 0 Å². The molecule has 0 saturated carbocycles. The zero-order chi connectivity index (χ0) is 15.0. The van der Waals surface area contributed by atoms with Gasteiger partial charge in [-0.25, -0.2) is 4.39 Å². The van der Waals surface area contributed by atoms with Gasteiger partial charge < -0.3 is 5.11 Å². The number of hydrogen-bond acceptors (Lipinski definition) is 3. The number of rotatable bonds is 3. The molecule has 0 fully saturated rings. The summed E-state index contributed by atoms with van der Waals surface area (Å²) in [6, 6.07) is 5.91. The Morgan fingerprint density at radius 2 is 2.29 bits per heavy atom. The first-order valence-corrected chi connectivity index (χ1v) is 8.20. The number of carbonyl (C=O) groups is 1. The molecule has 2 heterocycles. The summed E-state index contributed by atoms with van der Waals surface area (Å²) in [7, 11) is 0. The van der Waals surface area contributed by atoms with Gasteiger partial charge in [-0.15, -0.1) is 11.3 Å². The standard InChI is InChI=1S/C15H13BrFNO2S/c16-10-1-2-12(17)9(7-10)8-18-5-3-13-11(4-6-21-13)14(18)15(19)20/h1-2,4,6-7,14H,3,5,8H2,(H,19,20). The van der Waals surface area contributed by atoms with E-state index in [0.29, 0.717) is 12.1 Å². The fourth-order valence-corrected chi connectivity index (χ4v) is 4.02. The van der Waals surface area contributed by atoms with Gasteiger partial charge in [0.1, 0.15) is 11.9 Å². The van der Waals surface area contributed by atoms with Crippen molar-refractivity contribution in [3.05, 3.63) is 55.9 Å². The summed E-state index contributed by atoms with van der Waals surface area (Å²) in [6.07, 6.45) is 0.812. The zero-order valence-electron chi connectivity index (χ0n) is 11.1. The Bertz CT molecular complexity index is 688. The minimum Gasteiger partial charge on any atom is -0.480 e. The number of thiophene rings is 1. The highest BCUT2D eigenvalue weighted by Crippen LogP contribution is 2.34. The lowest BCUT2D eigenvalue weighted by Crippen LogP contribution is -2.38. The normalized spacial score (nSPS) is 18.5. The zero-order valence-corrected chi connectivity index (χ0v) is 13.5. The smallest absolute Gasteiger partial charge is 0.325 e. The van der Waals surface area contributed by atoms with E-state index in [9.17, 15) is 14.3 Å². The van der Waals surface area contributed by atoms with Crippen LogP contribution in [0.4, 0.5) is 4.39 Å². The van der Waals surface area contributed by atoms with Crippen molar-refractivity contribution in [3.63, 3.8) is 0 Å². The Labute approximate surface area is 134 Å². The molecule has 0 bridgehead atoms. The fourth-order valence-electron chi connectivity index (χ4n) is 2.71. The highest BCUT2D eigenvalue weighted by atomic mass is 79.9. The first-order valence-electron chi connectivity index (χ1n) is 6.53. The molecule has 1 aromatic carbocycles. The SMILES string of the molecule is O=C(O)C1c2ccsc2CCN1Cc1cc(Br)ccc1F. The Kier molecular flexibility index (Phi) is 4.10. The van der Waals surface area contributed by atoms with Crippen LogP contribution >= 0.6 is 27.3 Å². The average molecular weight is 370 g/mol. The van der Waals surface area contributed by atoms with E-state index in [4.69, 9.17) is 0 Å². The minimum atomic E-state index is -0.884. The topological polar surface area (TPSA) is 40.5 Å². The third-order valence-corrected chi connectivity index (χ3v) is 5.17. The van der Waals surface area contributed by atoms with Crippen LogP contribution in [0.1, 0.15) is 22.0 Å². The van der Waals surface area contributed by atoms with Crippen LogP contribution in [-0.2, 0) is 17.8 Å². The predicted octanol–water partition coefficient (Wildman–Crippen LogP) is 3.83. The predicted molar refractivity (Wildman–Crippen MR) is 82.9 cm³/mol. The van der Waals surface area contributed by atoms with Crippen molar-refractivity contribution in [2.24, 2.45) is 0 Å². The third-order valence-electron chi connectivity index (χ3n) is 3.68. The Morgan fingerprint density at radius 1 is 1.48 bits per heavy atom. The molecule has 1 aliphatic heterocycles. The van der Waals surface area contributed by atoms with Gasteiger partial charge in [-0.2, -0.15) is 0 Å². The fraction of sp³-hybridized carbons (Fsp3) is 0.267. The quantitative estimate of drug-likeness (QED) is 0.893. The Hall–Kier alpha value is -1.24. The number of carboxylic acid groups (broad SMARTS) is 1. The van der Waals surface area contributed by atoms with E-state index in [0.717, 1.165) is 21.3 Å². The Balaban J connectivity index is 1.91. The first-order chi connectivity index (χ1) is 10.1. The molecule has 0 aliphatic carbocycles. The second-order valence-corrected chi connectivity index (χ2v) is 6.91. The maximum atomic E-state index is 13.9. The van der Waals surface area contributed by atoms with Gasteiger partial charge in [-0.1, -0.05) is 15.9 Å². The number of carboxylic acids is 1. The molecule has 1 aliphatic rings. The van der Waals surface area contributed by atoms with Crippen LogP contribution in [0, 0.1) is 5.82 Å². The van der Waals surface area contributed by atoms with Gasteiger partial charge in [0.15, 0.2) is 0 Å². The molecule has 0 amide bonds. The molecular formula is C15H13BrFNO2S. The van der Waals surface area contributed by atoms with E-state index >= 15 is 0 Å². The molecule has 110 valence electrons. The molecule has 3 rings (SSSR count). The molecule has 3 nitrogen and oxygen atoms in total. The van der Waals surface area contributed by atoms with Gasteiger partial charge in [0.2, 0.25) is 0 Å². The molecule has 6 heteroatoms. The number of hydrogen-bond donors (Lipinski definition) is 1. The molecule has 1 aromatic heterocycles. The number of benzene rings is 1. The Morgan fingerprint density at radius 3 is 3.05 bits per heavy atom. The largest absolute Gasteiger partial charge is 0.480 e. The summed E-state index contributed by atoms with van der Waals surface area (Å²) in [4.78, 5) is 14.6. The maximum Gasteiger partial charge on any atom is 0.325 e. The molecule has 1 unspecified atom stereocenters. The van der Waals surface area contributed by atoms with E-state index in [1.54, 1.807) is 23.5 Å². The van der Waals surface area contributed by atoms with Crippen molar-refractivity contribution in [1.29, 1.82) is 0 Å². The molecular weight excluding hydrogens is 357 g/mol. The van der Waals surface area contributed by atoms with Crippen molar-refractivity contribution in [2.75, 3.05) is 6.54 Å². The number of fused-ring (bicyclic) bond motifs is 1. The van der Waals surface area contributed by atoms with Crippen molar-refractivity contribution >= 4 is 33.2 Å². The van der Waals surface area contributed by atoms with Crippen molar-refractivity contribution in [3.8, 4) is 0 Å². The van der Waals surface area contributed by atoms with E-state index in [1.165, 1.54) is 6.07 Å². The van der Waals surface area contributed by atoms with Crippen molar-refractivity contribution < 1.29 is 14.3 Å². The van der Waals surface area contributed by atoms with E-state index < -0.39 is 12.0 Å². The van der Waals surface area contributed by atoms with Crippen LogP contribution in [0.15, 0.2) is 34.1 Å². The second kappa shape index (κ2) is 5.87. The maximum absolute atomic E-state index is 13.9. The summed E-state index contributed by atoms with van der Waals surface area (Å²) in [5.74, 6) is -1.19. The van der Waals surface area contributed by atoms with Gasteiger partial charge in [-0.3, -0.25) is 9.69 Å². The molecule has 0 radical (unpaired) electrons. The first kappa shape index (κ1) is 14.7. The molecule has 1 N–H and O–H groups in total. The van der Waals surface area contributed by atoms with Gasteiger partial charge in [0.05, 0.1) is 0 Å². The molecule has 0 saturated heterocycles. The van der Waals surface area contributed by atoms with Gasteiger partial charge in [-0.05, 0) is 41.6 Å².